The first-order valence-corrected chi connectivity index (χ1v) is 8.13. The van der Waals surface area contributed by atoms with E-state index >= 15 is 0 Å². The van der Waals surface area contributed by atoms with Crippen molar-refractivity contribution in [3.05, 3.63) is 28.8 Å². The molecular formula is C17H28ClNO. The molecule has 0 radical (unpaired) electrons. The van der Waals surface area contributed by atoms with E-state index in [0.717, 1.165) is 29.2 Å². The van der Waals surface area contributed by atoms with Gasteiger partial charge in [0.1, 0.15) is 5.75 Å². The molecule has 0 saturated heterocycles. The molecule has 0 fully saturated rings. The molecule has 2 N–H and O–H groups in total. The summed E-state index contributed by atoms with van der Waals surface area (Å²) in [6.07, 6.45) is 9.75. The van der Waals surface area contributed by atoms with E-state index in [2.05, 4.69) is 6.92 Å². The summed E-state index contributed by atoms with van der Waals surface area (Å²) in [7, 11) is 1.69. The molecule has 0 aliphatic heterocycles. The van der Waals surface area contributed by atoms with Crippen molar-refractivity contribution in [1.29, 1.82) is 0 Å². The van der Waals surface area contributed by atoms with Crippen molar-refractivity contribution in [3.63, 3.8) is 0 Å². The zero-order valence-corrected chi connectivity index (χ0v) is 13.6. The van der Waals surface area contributed by atoms with Crippen LogP contribution in [0.3, 0.4) is 0 Å². The highest BCUT2D eigenvalue weighted by Crippen LogP contribution is 2.24. The summed E-state index contributed by atoms with van der Waals surface area (Å²) in [5.41, 5.74) is 7.33. The monoisotopic (exact) mass is 297 g/mol. The van der Waals surface area contributed by atoms with Crippen LogP contribution in [0.5, 0.6) is 5.75 Å². The van der Waals surface area contributed by atoms with Gasteiger partial charge in [0.05, 0.1) is 7.11 Å². The van der Waals surface area contributed by atoms with Gasteiger partial charge in [0.2, 0.25) is 0 Å². The maximum atomic E-state index is 6.22. The lowest BCUT2D eigenvalue weighted by molar-refractivity contribution is 0.406. The molecule has 1 aromatic rings. The molecule has 2 nitrogen and oxygen atoms in total. The fourth-order valence-corrected chi connectivity index (χ4v) is 2.67. The zero-order chi connectivity index (χ0) is 14.8. The third-order valence-corrected chi connectivity index (χ3v) is 3.89. The van der Waals surface area contributed by atoms with Crippen LogP contribution in [-0.4, -0.2) is 13.2 Å². The third kappa shape index (κ3) is 6.62. The smallest absolute Gasteiger partial charge is 0.122 e. The van der Waals surface area contributed by atoms with Crippen molar-refractivity contribution in [2.45, 2.75) is 64.3 Å². The molecular weight excluding hydrogens is 270 g/mol. The van der Waals surface area contributed by atoms with Crippen LogP contribution in [0.4, 0.5) is 0 Å². The second-order valence-electron chi connectivity index (χ2n) is 5.48. The predicted octanol–water partition coefficient (Wildman–Crippen LogP) is 4.97. The quantitative estimate of drug-likeness (QED) is 0.619. The number of hydrogen-bond acceptors (Lipinski definition) is 2. The summed E-state index contributed by atoms with van der Waals surface area (Å²) in [4.78, 5) is 0. The average Bonchev–Trinajstić information content (AvgIpc) is 2.43. The van der Waals surface area contributed by atoms with E-state index in [9.17, 15) is 0 Å². The number of methoxy groups -OCH3 is 1. The van der Waals surface area contributed by atoms with Gasteiger partial charge in [-0.15, -0.1) is 0 Å². The van der Waals surface area contributed by atoms with Crippen molar-refractivity contribution in [3.8, 4) is 5.75 Å². The van der Waals surface area contributed by atoms with Crippen LogP contribution in [0.25, 0.3) is 0 Å². The Labute approximate surface area is 128 Å². The number of rotatable bonds is 10. The predicted molar refractivity (Wildman–Crippen MR) is 87.7 cm³/mol. The molecule has 0 aliphatic carbocycles. The van der Waals surface area contributed by atoms with E-state index in [1.165, 1.54) is 38.5 Å². The molecule has 0 bridgehead atoms. The van der Waals surface area contributed by atoms with E-state index in [4.69, 9.17) is 22.1 Å². The van der Waals surface area contributed by atoms with Crippen LogP contribution in [0.2, 0.25) is 5.02 Å². The molecule has 1 atom stereocenters. The summed E-state index contributed by atoms with van der Waals surface area (Å²) in [5.74, 6) is 0.882. The van der Waals surface area contributed by atoms with Crippen molar-refractivity contribution >= 4 is 11.6 Å². The first-order valence-electron chi connectivity index (χ1n) is 7.75. The number of halogens is 1. The molecule has 0 spiro atoms. The van der Waals surface area contributed by atoms with Crippen LogP contribution in [-0.2, 0) is 6.42 Å². The normalized spacial score (nSPS) is 12.4. The molecule has 0 aromatic heterocycles. The lowest BCUT2D eigenvalue weighted by Gasteiger charge is -2.14. The molecule has 114 valence electrons. The summed E-state index contributed by atoms with van der Waals surface area (Å²) >= 11 is 6.04. The van der Waals surface area contributed by atoms with Crippen LogP contribution in [0.1, 0.15) is 57.4 Å². The van der Waals surface area contributed by atoms with Crippen molar-refractivity contribution in [1.82, 2.24) is 0 Å². The average molecular weight is 298 g/mol. The van der Waals surface area contributed by atoms with Crippen LogP contribution in [0, 0.1) is 0 Å². The Balaban J connectivity index is 2.31. The lowest BCUT2D eigenvalue weighted by Crippen LogP contribution is -2.22. The Hall–Kier alpha value is -0.730. The van der Waals surface area contributed by atoms with E-state index in [-0.39, 0.29) is 6.04 Å². The molecule has 1 unspecified atom stereocenters. The van der Waals surface area contributed by atoms with Crippen molar-refractivity contribution < 1.29 is 4.74 Å². The molecule has 0 amide bonds. The van der Waals surface area contributed by atoms with Gasteiger partial charge in [-0.25, -0.2) is 0 Å². The van der Waals surface area contributed by atoms with Gasteiger partial charge in [-0.05, 0) is 36.6 Å². The summed E-state index contributed by atoms with van der Waals surface area (Å²) in [6, 6.07) is 5.91. The number of hydrogen-bond donors (Lipinski definition) is 1. The number of nitrogens with two attached hydrogens (primary N) is 1. The highest BCUT2D eigenvalue weighted by molar-refractivity contribution is 6.30. The molecule has 0 aliphatic rings. The second kappa shape index (κ2) is 10.1. The van der Waals surface area contributed by atoms with Crippen LogP contribution in [0.15, 0.2) is 18.2 Å². The maximum Gasteiger partial charge on any atom is 0.122 e. The third-order valence-electron chi connectivity index (χ3n) is 3.65. The van der Waals surface area contributed by atoms with E-state index in [0.29, 0.717) is 0 Å². The fourth-order valence-electron chi connectivity index (χ4n) is 2.48. The lowest BCUT2D eigenvalue weighted by atomic mass is 10.00. The van der Waals surface area contributed by atoms with E-state index < -0.39 is 0 Å². The Bertz CT molecular complexity index is 381. The molecule has 1 rings (SSSR count). The first kappa shape index (κ1) is 17.3. The molecule has 0 saturated carbocycles. The van der Waals surface area contributed by atoms with Gasteiger partial charge in [-0.3, -0.25) is 0 Å². The van der Waals surface area contributed by atoms with Gasteiger partial charge in [0.25, 0.3) is 0 Å². The van der Waals surface area contributed by atoms with Gasteiger partial charge in [-0.2, -0.15) is 0 Å². The van der Waals surface area contributed by atoms with E-state index in [1.54, 1.807) is 7.11 Å². The second-order valence-corrected chi connectivity index (χ2v) is 5.91. The SMILES string of the molecule is CCCCCCCCC(N)Cc1cc(Cl)ccc1OC. The topological polar surface area (TPSA) is 35.2 Å². The fraction of sp³-hybridized carbons (Fsp3) is 0.647. The molecule has 1 aromatic carbocycles. The van der Waals surface area contributed by atoms with E-state index in [1.807, 2.05) is 18.2 Å². The largest absolute Gasteiger partial charge is 0.496 e. The molecule has 0 heterocycles. The Morgan fingerprint density at radius 1 is 1.15 bits per heavy atom. The van der Waals surface area contributed by atoms with Crippen LogP contribution < -0.4 is 10.5 Å². The Kier molecular flexibility index (Phi) is 8.72. The minimum atomic E-state index is 0.188. The number of unbranched alkanes of at least 4 members (excludes halogenated alkanes) is 5. The summed E-state index contributed by atoms with van der Waals surface area (Å²) in [5, 5.41) is 0.743. The molecule has 3 heteroatoms. The summed E-state index contributed by atoms with van der Waals surface area (Å²) < 4.78 is 5.36. The van der Waals surface area contributed by atoms with Crippen LogP contribution >= 0.6 is 11.6 Å². The first-order chi connectivity index (χ1) is 9.67. The summed E-state index contributed by atoms with van der Waals surface area (Å²) in [6.45, 7) is 2.24. The Morgan fingerprint density at radius 3 is 2.55 bits per heavy atom. The maximum absolute atomic E-state index is 6.22. The number of ether oxygens (including phenoxy) is 1. The van der Waals surface area contributed by atoms with Gasteiger partial charge in [0.15, 0.2) is 0 Å². The van der Waals surface area contributed by atoms with Gasteiger partial charge in [0, 0.05) is 11.1 Å². The Morgan fingerprint density at radius 2 is 1.85 bits per heavy atom. The highest BCUT2D eigenvalue weighted by atomic mass is 35.5. The minimum Gasteiger partial charge on any atom is -0.496 e. The zero-order valence-electron chi connectivity index (χ0n) is 12.8. The highest BCUT2D eigenvalue weighted by Gasteiger charge is 2.09. The minimum absolute atomic E-state index is 0.188. The van der Waals surface area contributed by atoms with Crippen molar-refractivity contribution in [2.24, 2.45) is 5.73 Å². The van der Waals surface area contributed by atoms with Gasteiger partial charge < -0.3 is 10.5 Å². The van der Waals surface area contributed by atoms with Crippen molar-refractivity contribution in [2.75, 3.05) is 7.11 Å². The van der Waals surface area contributed by atoms with Gasteiger partial charge >= 0.3 is 0 Å². The molecule has 20 heavy (non-hydrogen) atoms. The number of benzene rings is 1. The standard InChI is InChI=1S/C17H28ClNO/c1-3-4-5-6-7-8-9-16(19)13-14-12-15(18)10-11-17(14)20-2/h10-12,16H,3-9,13,19H2,1-2H3. The van der Waals surface area contributed by atoms with Gasteiger partial charge in [-0.1, -0.05) is 57.0 Å².